The molecule has 1 aliphatic carbocycles. The third-order valence-corrected chi connectivity index (χ3v) is 5.44. The number of fused-ring (bicyclic) bond motifs is 1. The van der Waals surface area contributed by atoms with Crippen LogP contribution in [0.4, 0.5) is 4.39 Å². The SMILES string of the molecule is Cc1ccc(-c2ccc(C(=O)NC3[C@H]4CNC[C@@H]34)c(F)c2)cc1C. The van der Waals surface area contributed by atoms with E-state index in [1.54, 1.807) is 6.07 Å². The first kappa shape index (κ1) is 15.3. The molecule has 3 nitrogen and oxygen atoms in total. The molecule has 4 heteroatoms. The monoisotopic (exact) mass is 324 g/mol. The highest BCUT2D eigenvalue weighted by molar-refractivity contribution is 5.95. The molecule has 1 saturated carbocycles. The first-order chi connectivity index (χ1) is 11.5. The molecular weight excluding hydrogens is 303 g/mol. The number of carbonyl (C=O) groups excluding carboxylic acids is 1. The topological polar surface area (TPSA) is 41.1 Å². The predicted octanol–water partition coefficient (Wildman–Crippen LogP) is 3.06. The van der Waals surface area contributed by atoms with Gasteiger partial charge in [-0.25, -0.2) is 4.39 Å². The largest absolute Gasteiger partial charge is 0.349 e. The Bertz CT molecular complexity index is 807. The van der Waals surface area contributed by atoms with Crippen molar-refractivity contribution in [3.63, 3.8) is 0 Å². The first-order valence-electron chi connectivity index (χ1n) is 8.43. The van der Waals surface area contributed by atoms with Gasteiger partial charge in [0.2, 0.25) is 0 Å². The van der Waals surface area contributed by atoms with Gasteiger partial charge < -0.3 is 10.6 Å². The van der Waals surface area contributed by atoms with Gasteiger partial charge >= 0.3 is 0 Å². The summed E-state index contributed by atoms with van der Waals surface area (Å²) in [4.78, 5) is 12.3. The normalized spacial score (nSPS) is 24.5. The number of carbonyl (C=O) groups is 1. The third kappa shape index (κ3) is 2.61. The summed E-state index contributed by atoms with van der Waals surface area (Å²) in [7, 11) is 0. The summed E-state index contributed by atoms with van der Waals surface area (Å²) in [6.45, 7) is 5.99. The maximum absolute atomic E-state index is 14.5. The Labute approximate surface area is 141 Å². The van der Waals surface area contributed by atoms with Gasteiger partial charge in [0, 0.05) is 19.1 Å². The molecule has 1 aliphatic heterocycles. The van der Waals surface area contributed by atoms with Crippen molar-refractivity contribution < 1.29 is 9.18 Å². The van der Waals surface area contributed by atoms with Gasteiger partial charge in [-0.3, -0.25) is 4.79 Å². The lowest BCUT2D eigenvalue weighted by Gasteiger charge is -2.10. The van der Waals surface area contributed by atoms with Crippen LogP contribution in [0.5, 0.6) is 0 Å². The number of hydrogen-bond donors (Lipinski definition) is 2. The summed E-state index contributed by atoms with van der Waals surface area (Å²) in [5.74, 6) is 0.268. The molecule has 1 amide bonds. The maximum atomic E-state index is 14.5. The zero-order valence-corrected chi connectivity index (χ0v) is 13.9. The zero-order valence-electron chi connectivity index (χ0n) is 13.9. The predicted molar refractivity (Wildman–Crippen MR) is 92.4 cm³/mol. The fourth-order valence-corrected chi connectivity index (χ4v) is 3.66. The Hall–Kier alpha value is -2.20. The number of aryl methyl sites for hydroxylation is 2. The van der Waals surface area contributed by atoms with Gasteiger partial charge in [-0.05, 0) is 60.1 Å². The van der Waals surface area contributed by atoms with Crippen molar-refractivity contribution in [2.75, 3.05) is 13.1 Å². The average molecular weight is 324 g/mol. The van der Waals surface area contributed by atoms with Gasteiger partial charge in [0.05, 0.1) is 5.56 Å². The maximum Gasteiger partial charge on any atom is 0.254 e. The van der Waals surface area contributed by atoms with Crippen LogP contribution in [0, 0.1) is 31.5 Å². The minimum atomic E-state index is -0.466. The second-order valence-electron chi connectivity index (χ2n) is 6.98. The zero-order chi connectivity index (χ0) is 16.8. The van der Waals surface area contributed by atoms with Crippen molar-refractivity contribution in [1.82, 2.24) is 10.6 Å². The molecule has 0 bridgehead atoms. The summed E-state index contributed by atoms with van der Waals surface area (Å²) in [5.41, 5.74) is 4.26. The van der Waals surface area contributed by atoms with Crippen molar-refractivity contribution in [1.29, 1.82) is 0 Å². The molecular formula is C20H21FN2O. The van der Waals surface area contributed by atoms with E-state index in [1.807, 2.05) is 31.2 Å². The Morgan fingerprint density at radius 3 is 2.38 bits per heavy atom. The van der Waals surface area contributed by atoms with Crippen LogP contribution >= 0.6 is 0 Å². The molecule has 24 heavy (non-hydrogen) atoms. The molecule has 2 N–H and O–H groups in total. The van der Waals surface area contributed by atoms with E-state index in [9.17, 15) is 9.18 Å². The molecule has 0 radical (unpaired) electrons. The molecule has 2 fully saturated rings. The lowest BCUT2D eigenvalue weighted by atomic mass is 9.99. The summed E-state index contributed by atoms with van der Waals surface area (Å²) < 4.78 is 14.5. The molecule has 2 aliphatic rings. The standard InChI is InChI=1S/C20H21FN2O/c1-11-3-4-13(7-12(11)2)14-5-6-15(18(21)8-14)20(24)23-19-16-9-22-10-17(16)19/h3-8,16-17,19,22H,9-10H2,1-2H3,(H,23,24)/t16-,17+,19?. The smallest absolute Gasteiger partial charge is 0.254 e. The molecule has 4 rings (SSSR count). The van der Waals surface area contributed by atoms with E-state index in [0.717, 1.165) is 24.2 Å². The highest BCUT2D eigenvalue weighted by Gasteiger charge is 2.53. The van der Waals surface area contributed by atoms with Gasteiger partial charge in [-0.15, -0.1) is 0 Å². The summed E-state index contributed by atoms with van der Waals surface area (Å²) >= 11 is 0. The minimum absolute atomic E-state index is 0.125. The van der Waals surface area contributed by atoms with E-state index < -0.39 is 5.82 Å². The van der Waals surface area contributed by atoms with E-state index in [-0.39, 0.29) is 17.5 Å². The third-order valence-electron chi connectivity index (χ3n) is 5.44. The van der Waals surface area contributed by atoms with Gasteiger partial charge in [0.25, 0.3) is 5.91 Å². The van der Waals surface area contributed by atoms with Crippen LogP contribution in [0.1, 0.15) is 21.5 Å². The van der Waals surface area contributed by atoms with Gasteiger partial charge in [-0.1, -0.05) is 24.3 Å². The minimum Gasteiger partial charge on any atom is -0.349 e. The molecule has 0 spiro atoms. The van der Waals surface area contributed by atoms with Crippen molar-refractivity contribution >= 4 is 5.91 Å². The van der Waals surface area contributed by atoms with Crippen LogP contribution in [0.3, 0.4) is 0 Å². The summed E-state index contributed by atoms with van der Waals surface area (Å²) in [6.07, 6.45) is 0. The van der Waals surface area contributed by atoms with Crippen LogP contribution in [-0.4, -0.2) is 25.0 Å². The second kappa shape index (κ2) is 5.71. The summed E-state index contributed by atoms with van der Waals surface area (Å²) in [6, 6.07) is 11.1. The van der Waals surface area contributed by atoms with Crippen molar-refractivity contribution in [2.24, 2.45) is 11.8 Å². The molecule has 3 atom stereocenters. The van der Waals surface area contributed by atoms with E-state index in [4.69, 9.17) is 0 Å². The molecule has 0 aromatic heterocycles. The highest BCUT2D eigenvalue weighted by atomic mass is 19.1. The van der Waals surface area contributed by atoms with Gasteiger partial charge in [-0.2, -0.15) is 0 Å². The lowest BCUT2D eigenvalue weighted by Crippen LogP contribution is -2.32. The summed E-state index contributed by atoms with van der Waals surface area (Å²) in [5, 5.41) is 6.25. The second-order valence-corrected chi connectivity index (χ2v) is 6.98. The van der Waals surface area contributed by atoms with E-state index in [1.165, 1.54) is 17.2 Å². The molecule has 2 aromatic carbocycles. The van der Waals surface area contributed by atoms with E-state index in [2.05, 4.69) is 17.6 Å². The Balaban J connectivity index is 1.53. The fourth-order valence-electron chi connectivity index (χ4n) is 3.66. The van der Waals surface area contributed by atoms with E-state index in [0.29, 0.717) is 11.8 Å². The number of amides is 1. The van der Waals surface area contributed by atoms with Crippen LogP contribution in [0.25, 0.3) is 11.1 Å². The molecule has 124 valence electrons. The number of hydrogen-bond acceptors (Lipinski definition) is 2. The fraction of sp³-hybridized carbons (Fsp3) is 0.350. The molecule has 1 heterocycles. The Morgan fingerprint density at radius 2 is 1.71 bits per heavy atom. The molecule has 2 aromatic rings. The van der Waals surface area contributed by atoms with Gasteiger partial charge in [0.15, 0.2) is 0 Å². The number of halogens is 1. The molecule has 1 unspecified atom stereocenters. The van der Waals surface area contributed by atoms with Crippen molar-refractivity contribution in [2.45, 2.75) is 19.9 Å². The van der Waals surface area contributed by atoms with Crippen molar-refractivity contribution in [3.8, 4) is 11.1 Å². The highest BCUT2D eigenvalue weighted by Crippen LogP contribution is 2.41. The first-order valence-corrected chi connectivity index (χ1v) is 8.43. The van der Waals surface area contributed by atoms with Crippen LogP contribution in [0.15, 0.2) is 36.4 Å². The number of benzene rings is 2. The number of rotatable bonds is 3. The molecule has 1 saturated heterocycles. The van der Waals surface area contributed by atoms with Crippen LogP contribution < -0.4 is 10.6 Å². The van der Waals surface area contributed by atoms with Crippen LogP contribution in [0.2, 0.25) is 0 Å². The number of piperidine rings is 1. The quantitative estimate of drug-likeness (QED) is 0.911. The Morgan fingerprint density at radius 1 is 1.04 bits per heavy atom. The van der Waals surface area contributed by atoms with Crippen LogP contribution in [-0.2, 0) is 0 Å². The van der Waals surface area contributed by atoms with Gasteiger partial charge in [0.1, 0.15) is 5.82 Å². The lowest BCUT2D eigenvalue weighted by molar-refractivity contribution is 0.0942. The van der Waals surface area contributed by atoms with Crippen molar-refractivity contribution in [3.05, 3.63) is 58.9 Å². The van der Waals surface area contributed by atoms with E-state index >= 15 is 0 Å². The Kier molecular flexibility index (Phi) is 3.65. The average Bonchev–Trinajstić information content (AvgIpc) is 2.98. The number of nitrogens with one attached hydrogen (secondary N) is 2.